The number of anilines is 1. The minimum absolute atomic E-state index is 0.575. The number of hydrogen-bond donors (Lipinski definition) is 2. The number of aliphatic imine (C=N–C) groups is 1. The number of hydrogen-bond acceptors (Lipinski definition) is 6. The van der Waals surface area contributed by atoms with Gasteiger partial charge in [0.05, 0.1) is 24.5 Å². The minimum Gasteiger partial charge on any atom is -0.343 e. The fraction of sp³-hybridized carbons (Fsp3) is 0.318. The molecule has 0 aliphatic carbocycles. The quantitative estimate of drug-likeness (QED) is 0.733. The average molecular weight is 374 g/mol. The standard InChI is InChI=1S/C22H26N6/c1-14-5-7-18(8-6-14)11-28-12-23-21(24-13-28)27-22-25-17(4)19-9-15(2)16(3)10-20(19)26-22/h5-10H,11-13H2,1-4H3,(H2,23,24,25,26,27). The second kappa shape index (κ2) is 7.56. The molecule has 1 aliphatic heterocycles. The van der Waals surface area contributed by atoms with Gasteiger partial charge in [0.2, 0.25) is 11.9 Å². The molecule has 28 heavy (non-hydrogen) atoms. The first kappa shape index (κ1) is 18.4. The third-order valence-corrected chi connectivity index (χ3v) is 5.16. The highest BCUT2D eigenvalue weighted by molar-refractivity contribution is 5.93. The maximum atomic E-state index is 4.67. The van der Waals surface area contributed by atoms with Crippen LogP contribution in [0.1, 0.15) is 27.9 Å². The zero-order valence-electron chi connectivity index (χ0n) is 16.9. The van der Waals surface area contributed by atoms with Crippen LogP contribution in [0, 0.1) is 27.7 Å². The highest BCUT2D eigenvalue weighted by Gasteiger charge is 2.14. The Bertz CT molecular complexity index is 1040. The van der Waals surface area contributed by atoms with Crippen LogP contribution in [0.25, 0.3) is 10.9 Å². The fourth-order valence-electron chi connectivity index (χ4n) is 3.31. The Morgan fingerprint density at radius 1 is 1.00 bits per heavy atom. The van der Waals surface area contributed by atoms with E-state index >= 15 is 0 Å². The topological polar surface area (TPSA) is 65.4 Å². The van der Waals surface area contributed by atoms with Gasteiger partial charge in [0.25, 0.3) is 0 Å². The monoisotopic (exact) mass is 374 g/mol. The normalized spacial score (nSPS) is 14.6. The summed E-state index contributed by atoms with van der Waals surface area (Å²) in [6, 6.07) is 12.9. The Balaban J connectivity index is 1.45. The van der Waals surface area contributed by atoms with Crippen LogP contribution >= 0.6 is 0 Å². The van der Waals surface area contributed by atoms with Crippen LogP contribution in [0.3, 0.4) is 0 Å². The summed E-state index contributed by atoms with van der Waals surface area (Å²) in [6.07, 6.45) is 0. The van der Waals surface area contributed by atoms with E-state index in [4.69, 9.17) is 0 Å². The van der Waals surface area contributed by atoms with Crippen molar-refractivity contribution in [1.82, 2.24) is 20.2 Å². The van der Waals surface area contributed by atoms with Gasteiger partial charge in [-0.25, -0.2) is 15.0 Å². The smallest absolute Gasteiger partial charge is 0.230 e. The molecule has 3 aromatic rings. The van der Waals surface area contributed by atoms with Gasteiger partial charge in [-0.15, -0.1) is 0 Å². The Morgan fingerprint density at radius 3 is 2.46 bits per heavy atom. The molecule has 0 radical (unpaired) electrons. The summed E-state index contributed by atoms with van der Waals surface area (Å²) in [5, 5.41) is 7.65. The van der Waals surface area contributed by atoms with E-state index in [1.165, 1.54) is 22.3 Å². The van der Waals surface area contributed by atoms with Crippen LogP contribution in [-0.2, 0) is 6.54 Å². The van der Waals surface area contributed by atoms with Crippen LogP contribution in [-0.4, -0.2) is 34.2 Å². The van der Waals surface area contributed by atoms with E-state index < -0.39 is 0 Å². The summed E-state index contributed by atoms with van der Waals surface area (Å²) in [7, 11) is 0. The molecular weight excluding hydrogens is 348 g/mol. The molecule has 0 saturated heterocycles. The molecule has 6 heteroatoms. The Hall–Kier alpha value is -2.99. The fourth-order valence-corrected chi connectivity index (χ4v) is 3.31. The number of aryl methyl sites for hydroxylation is 4. The second-order valence-corrected chi connectivity index (χ2v) is 7.51. The van der Waals surface area contributed by atoms with Gasteiger partial charge in [0, 0.05) is 11.9 Å². The molecule has 0 amide bonds. The summed E-state index contributed by atoms with van der Waals surface area (Å²) in [5.41, 5.74) is 6.98. The van der Waals surface area contributed by atoms with Gasteiger partial charge in [-0.1, -0.05) is 29.8 Å². The molecule has 0 atom stereocenters. The Labute approximate surface area is 165 Å². The van der Waals surface area contributed by atoms with Crippen molar-refractivity contribution in [3.63, 3.8) is 0 Å². The van der Waals surface area contributed by atoms with Crippen LogP contribution in [0.4, 0.5) is 5.95 Å². The van der Waals surface area contributed by atoms with E-state index in [9.17, 15) is 0 Å². The first-order valence-corrected chi connectivity index (χ1v) is 9.57. The van der Waals surface area contributed by atoms with E-state index in [-0.39, 0.29) is 0 Å². The van der Waals surface area contributed by atoms with Gasteiger partial charge < -0.3 is 5.32 Å². The van der Waals surface area contributed by atoms with Crippen LogP contribution in [0.15, 0.2) is 41.4 Å². The Morgan fingerprint density at radius 2 is 1.75 bits per heavy atom. The van der Waals surface area contributed by atoms with Crippen LogP contribution < -0.4 is 10.6 Å². The molecule has 0 fully saturated rings. The average Bonchev–Trinajstić information content (AvgIpc) is 2.67. The maximum Gasteiger partial charge on any atom is 0.230 e. The number of fused-ring (bicyclic) bond motifs is 1. The molecule has 2 heterocycles. The molecule has 0 bridgehead atoms. The molecule has 6 nitrogen and oxygen atoms in total. The largest absolute Gasteiger partial charge is 0.343 e. The van der Waals surface area contributed by atoms with Gasteiger partial charge in [0.15, 0.2) is 0 Å². The van der Waals surface area contributed by atoms with Crippen molar-refractivity contribution in [3.05, 3.63) is 64.3 Å². The molecule has 0 spiro atoms. The van der Waals surface area contributed by atoms with E-state index in [1.54, 1.807) is 0 Å². The zero-order valence-corrected chi connectivity index (χ0v) is 16.9. The van der Waals surface area contributed by atoms with Gasteiger partial charge in [-0.2, -0.15) is 0 Å². The van der Waals surface area contributed by atoms with Crippen molar-refractivity contribution >= 4 is 22.8 Å². The predicted molar refractivity (Wildman–Crippen MR) is 114 cm³/mol. The lowest BCUT2D eigenvalue weighted by atomic mass is 10.1. The van der Waals surface area contributed by atoms with Gasteiger partial charge >= 0.3 is 0 Å². The third-order valence-electron chi connectivity index (χ3n) is 5.16. The Kier molecular flexibility index (Phi) is 4.96. The number of guanidine groups is 1. The summed E-state index contributed by atoms with van der Waals surface area (Å²) in [4.78, 5) is 16.1. The summed E-state index contributed by atoms with van der Waals surface area (Å²) < 4.78 is 0. The van der Waals surface area contributed by atoms with Gasteiger partial charge in [0.1, 0.15) is 0 Å². The molecule has 0 saturated carbocycles. The van der Waals surface area contributed by atoms with Crippen molar-refractivity contribution in [2.75, 3.05) is 18.7 Å². The predicted octanol–water partition coefficient (Wildman–Crippen LogP) is 3.65. The molecular formula is C22H26N6. The first-order valence-electron chi connectivity index (χ1n) is 9.57. The highest BCUT2D eigenvalue weighted by atomic mass is 15.4. The summed E-state index contributed by atoms with van der Waals surface area (Å²) >= 11 is 0. The second-order valence-electron chi connectivity index (χ2n) is 7.51. The summed E-state index contributed by atoms with van der Waals surface area (Å²) in [6.45, 7) is 10.6. The molecule has 144 valence electrons. The van der Waals surface area contributed by atoms with Crippen LogP contribution in [0.2, 0.25) is 0 Å². The van der Waals surface area contributed by atoms with Gasteiger partial charge in [-0.3, -0.25) is 10.2 Å². The van der Waals surface area contributed by atoms with Crippen molar-refractivity contribution in [3.8, 4) is 0 Å². The van der Waals surface area contributed by atoms with Gasteiger partial charge in [-0.05, 0) is 56.5 Å². The lowest BCUT2D eigenvalue weighted by molar-refractivity contribution is 0.256. The zero-order chi connectivity index (χ0) is 19.7. The maximum absolute atomic E-state index is 4.67. The van der Waals surface area contributed by atoms with E-state index in [2.05, 4.69) is 87.7 Å². The van der Waals surface area contributed by atoms with Crippen molar-refractivity contribution in [2.24, 2.45) is 4.99 Å². The van der Waals surface area contributed by atoms with E-state index in [0.29, 0.717) is 18.6 Å². The number of aromatic nitrogens is 2. The van der Waals surface area contributed by atoms with E-state index in [1.807, 2.05) is 6.92 Å². The molecule has 1 aliphatic rings. The first-order chi connectivity index (χ1) is 13.5. The third kappa shape index (κ3) is 3.97. The SMILES string of the molecule is Cc1ccc(CN2CN=C(Nc3nc(C)c4cc(C)c(C)cc4n3)NC2)cc1. The number of nitrogens with one attached hydrogen (secondary N) is 2. The van der Waals surface area contributed by atoms with Crippen LogP contribution in [0.5, 0.6) is 0 Å². The number of rotatable bonds is 3. The molecule has 4 rings (SSSR count). The molecule has 1 aromatic heterocycles. The van der Waals surface area contributed by atoms with E-state index in [0.717, 1.165) is 29.8 Å². The van der Waals surface area contributed by atoms with Crippen molar-refractivity contribution < 1.29 is 0 Å². The van der Waals surface area contributed by atoms with Crippen molar-refractivity contribution in [1.29, 1.82) is 0 Å². The summed E-state index contributed by atoms with van der Waals surface area (Å²) in [5.74, 6) is 1.29. The molecule has 0 unspecified atom stereocenters. The molecule has 2 aromatic carbocycles. The lowest BCUT2D eigenvalue weighted by Crippen LogP contribution is -2.45. The lowest BCUT2D eigenvalue weighted by Gasteiger charge is -2.27. The minimum atomic E-state index is 0.575. The van der Waals surface area contributed by atoms with Crippen molar-refractivity contribution in [2.45, 2.75) is 34.2 Å². The number of benzene rings is 2. The highest BCUT2D eigenvalue weighted by Crippen LogP contribution is 2.21. The number of nitrogens with zero attached hydrogens (tertiary/aromatic N) is 4. The molecule has 2 N–H and O–H groups in total.